The van der Waals surface area contributed by atoms with Crippen LogP contribution in [-0.4, -0.2) is 5.84 Å². The minimum atomic E-state index is 0.734. The maximum atomic E-state index is 5.63. The van der Waals surface area contributed by atoms with Gasteiger partial charge in [0, 0.05) is 6.42 Å². The van der Waals surface area contributed by atoms with E-state index in [2.05, 4.69) is 24.0 Å². The van der Waals surface area contributed by atoms with Gasteiger partial charge in [0.2, 0.25) is 0 Å². The van der Waals surface area contributed by atoms with Gasteiger partial charge in [0.15, 0.2) is 0 Å². The fourth-order valence-electron chi connectivity index (χ4n) is 1.50. The number of hydrogen-bond donors (Lipinski definition) is 1. The highest BCUT2D eigenvalue weighted by molar-refractivity contribution is 5.90. The number of nitrogens with two attached hydrogens (primary N) is 1. The molecule has 0 bridgehead atoms. The first kappa shape index (κ1) is 7.35. The highest BCUT2D eigenvalue weighted by Crippen LogP contribution is 2.26. The Balaban J connectivity index is 2.42. The zero-order valence-electron chi connectivity index (χ0n) is 7.17. The van der Waals surface area contributed by atoms with Crippen LogP contribution in [0.4, 0.5) is 5.69 Å². The molecule has 62 valence electrons. The Morgan fingerprint density at radius 1 is 1.50 bits per heavy atom. The Kier molecular flexibility index (Phi) is 1.61. The Bertz CT molecular complexity index is 340. The molecule has 1 aliphatic rings. The van der Waals surface area contributed by atoms with Crippen molar-refractivity contribution in [3.63, 3.8) is 0 Å². The standard InChI is InChI=1S/C10H12N2/c1-2-7-3-4-9-8(5-7)6-10(11)12-9/h3-5H,2,6H2,1H3,(H2,11,12). The molecule has 0 aliphatic carbocycles. The average Bonchev–Trinajstić information content (AvgIpc) is 2.43. The molecule has 0 saturated heterocycles. The predicted octanol–water partition coefficient (Wildman–Crippen LogP) is 1.79. The smallest absolute Gasteiger partial charge is 0.104 e. The van der Waals surface area contributed by atoms with Crippen molar-refractivity contribution in [3.05, 3.63) is 29.3 Å². The van der Waals surface area contributed by atoms with E-state index in [4.69, 9.17) is 5.73 Å². The van der Waals surface area contributed by atoms with Gasteiger partial charge in [-0.05, 0) is 23.6 Å². The van der Waals surface area contributed by atoms with Crippen molar-refractivity contribution in [1.29, 1.82) is 0 Å². The van der Waals surface area contributed by atoms with Gasteiger partial charge in [0.1, 0.15) is 5.84 Å². The van der Waals surface area contributed by atoms with Gasteiger partial charge in [-0.15, -0.1) is 0 Å². The lowest BCUT2D eigenvalue weighted by molar-refractivity contribution is 1.13. The predicted molar refractivity (Wildman–Crippen MR) is 50.8 cm³/mol. The first-order chi connectivity index (χ1) is 5.79. The molecule has 1 aliphatic heterocycles. The van der Waals surface area contributed by atoms with Crippen molar-refractivity contribution in [2.24, 2.45) is 10.7 Å². The van der Waals surface area contributed by atoms with Crippen molar-refractivity contribution >= 4 is 11.5 Å². The highest BCUT2D eigenvalue weighted by Gasteiger charge is 2.11. The lowest BCUT2D eigenvalue weighted by atomic mass is 10.1. The SMILES string of the molecule is CCc1ccc2c(c1)CC(N)=N2. The van der Waals surface area contributed by atoms with Crippen LogP contribution in [0.15, 0.2) is 23.2 Å². The summed E-state index contributed by atoms with van der Waals surface area (Å²) in [6.45, 7) is 2.15. The van der Waals surface area contributed by atoms with Gasteiger partial charge in [0.05, 0.1) is 5.69 Å². The zero-order valence-corrected chi connectivity index (χ0v) is 7.17. The second kappa shape index (κ2) is 2.63. The van der Waals surface area contributed by atoms with Crippen molar-refractivity contribution in [3.8, 4) is 0 Å². The number of fused-ring (bicyclic) bond motifs is 1. The molecule has 0 amide bonds. The fraction of sp³-hybridized carbons (Fsp3) is 0.300. The number of benzene rings is 1. The third kappa shape index (κ3) is 1.09. The van der Waals surface area contributed by atoms with Crippen LogP contribution in [-0.2, 0) is 12.8 Å². The van der Waals surface area contributed by atoms with Crippen LogP contribution in [0.25, 0.3) is 0 Å². The molecule has 1 aromatic carbocycles. The Hall–Kier alpha value is -1.31. The fourth-order valence-corrected chi connectivity index (χ4v) is 1.50. The number of aryl methyl sites for hydroxylation is 1. The Morgan fingerprint density at radius 2 is 2.33 bits per heavy atom. The first-order valence-electron chi connectivity index (χ1n) is 4.24. The molecule has 12 heavy (non-hydrogen) atoms. The van der Waals surface area contributed by atoms with Crippen LogP contribution < -0.4 is 5.73 Å². The number of hydrogen-bond acceptors (Lipinski definition) is 2. The van der Waals surface area contributed by atoms with Crippen molar-refractivity contribution in [2.75, 3.05) is 0 Å². The van der Waals surface area contributed by atoms with E-state index in [1.807, 2.05) is 6.07 Å². The summed E-state index contributed by atoms with van der Waals surface area (Å²) in [6.07, 6.45) is 1.90. The molecule has 1 heterocycles. The normalized spacial score (nSPS) is 14.2. The molecule has 0 atom stereocenters. The lowest BCUT2D eigenvalue weighted by Crippen LogP contribution is -2.09. The van der Waals surface area contributed by atoms with Crippen LogP contribution in [0, 0.1) is 0 Å². The third-order valence-corrected chi connectivity index (χ3v) is 2.19. The van der Waals surface area contributed by atoms with Crippen LogP contribution in [0.3, 0.4) is 0 Å². The average molecular weight is 160 g/mol. The minimum absolute atomic E-state index is 0.734. The number of amidine groups is 1. The molecule has 0 radical (unpaired) electrons. The Labute approximate surface area is 72.1 Å². The summed E-state index contributed by atoms with van der Waals surface area (Å²) in [5.41, 5.74) is 9.30. The molecule has 0 saturated carbocycles. The van der Waals surface area contributed by atoms with Crippen molar-refractivity contribution in [1.82, 2.24) is 0 Å². The van der Waals surface area contributed by atoms with Gasteiger partial charge in [-0.1, -0.05) is 19.1 Å². The van der Waals surface area contributed by atoms with Crippen LogP contribution in [0.5, 0.6) is 0 Å². The molecule has 2 rings (SSSR count). The van der Waals surface area contributed by atoms with E-state index < -0.39 is 0 Å². The largest absolute Gasteiger partial charge is 0.387 e. The van der Waals surface area contributed by atoms with E-state index in [0.29, 0.717) is 0 Å². The second-order valence-corrected chi connectivity index (χ2v) is 3.10. The van der Waals surface area contributed by atoms with Gasteiger partial charge < -0.3 is 5.73 Å². The lowest BCUT2D eigenvalue weighted by Gasteiger charge is -1.99. The van der Waals surface area contributed by atoms with Gasteiger partial charge in [-0.25, -0.2) is 4.99 Å². The van der Waals surface area contributed by atoms with Gasteiger partial charge in [-0.2, -0.15) is 0 Å². The summed E-state index contributed by atoms with van der Waals surface area (Å²) in [6, 6.07) is 6.35. The maximum Gasteiger partial charge on any atom is 0.104 e. The van der Waals surface area contributed by atoms with E-state index in [1.54, 1.807) is 0 Å². The summed E-state index contributed by atoms with van der Waals surface area (Å²) >= 11 is 0. The quantitative estimate of drug-likeness (QED) is 0.668. The van der Waals surface area contributed by atoms with Gasteiger partial charge in [-0.3, -0.25) is 0 Å². The molecule has 2 heteroatoms. The summed E-state index contributed by atoms with van der Waals surface area (Å²) < 4.78 is 0. The summed E-state index contributed by atoms with van der Waals surface area (Å²) in [4.78, 5) is 4.22. The summed E-state index contributed by atoms with van der Waals surface area (Å²) in [5.74, 6) is 0.734. The molecule has 0 fully saturated rings. The van der Waals surface area contributed by atoms with E-state index in [9.17, 15) is 0 Å². The van der Waals surface area contributed by atoms with Crippen LogP contribution >= 0.6 is 0 Å². The zero-order chi connectivity index (χ0) is 8.55. The second-order valence-electron chi connectivity index (χ2n) is 3.10. The molecule has 0 unspecified atom stereocenters. The van der Waals surface area contributed by atoms with Crippen molar-refractivity contribution in [2.45, 2.75) is 19.8 Å². The Morgan fingerprint density at radius 3 is 3.08 bits per heavy atom. The van der Waals surface area contributed by atoms with E-state index >= 15 is 0 Å². The summed E-state index contributed by atoms with van der Waals surface area (Å²) in [5, 5.41) is 0. The monoisotopic (exact) mass is 160 g/mol. The number of nitrogens with zero attached hydrogens (tertiary/aromatic N) is 1. The van der Waals surface area contributed by atoms with E-state index in [1.165, 1.54) is 11.1 Å². The summed E-state index contributed by atoms with van der Waals surface area (Å²) in [7, 11) is 0. The molecule has 1 aromatic rings. The van der Waals surface area contributed by atoms with Gasteiger partial charge in [0.25, 0.3) is 0 Å². The minimum Gasteiger partial charge on any atom is -0.387 e. The van der Waals surface area contributed by atoms with Crippen LogP contribution in [0.2, 0.25) is 0 Å². The molecule has 0 aromatic heterocycles. The highest BCUT2D eigenvalue weighted by atomic mass is 14.9. The van der Waals surface area contributed by atoms with Crippen molar-refractivity contribution < 1.29 is 0 Å². The van der Waals surface area contributed by atoms with Gasteiger partial charge >= 0.3 is 0 Å². The molecular formula is C10H12N2. The number of rotatable bonds is 1. The maximum absolute atomic E-state index is 5.63. The molecule has 2 nitrogen and oxygen atoms in total. The van der Waals surface area contributed by atoms with Crippen LogP contribution in [0.1, 0.15) is 18.1 Å². The topological polar surface area (TPSA) is 38.4 Å². The number of aliphatic imine (C=N–C) groups is 1. The molecular weight excluding hydrogens is 148 g/mol. The third-order valence-electron chi connectivity index (χ3n) is 2.19. The van der Waals surface area contributed by atoms with E-state index in [-0.39, 0.29) is 0 Å². The first-order valence-corrected chi connectivity index (χ1v) is 4.24. The van der Waals surface area contributed by atoms with E-state index in [0.717, 1.165) is 24.4 Å². The molecule has 2 N–H and O–H groups in total. The molecule has 0 spiro atoms.